The molecule has 0 radical (unpaired) electrons. The molecule has 0 saturated carbocycles. The summed E-state index contributed by atoms with van der Waals surface area (Å²) < 4.78 is 0. The maximum absolute atomic E-state index is 6.10. The lowest BCUT2D eigenvalue weighted by Gasteiger charge is -2.06. The molecule has 2 rings (SSSR count). The molecule has 0 aliphatic carbocycles. The van der Waals surface area contributed by atoms with Crippen LogP contribution < -0.4 is 11.1 Å². The second kappa shape index (κ2) is 8.27. The number of nitrogens with zero attached hydrogens (tertiary/aromatic N) is 2. The number of aromatic nitrogens is 2. The summed E-state index contributed by atoms with van der Waals surface area (Å²) in [6.45, 7) is 1.51. The molecule has 0 aliphatic heterocycles. The molecule has 0 unspecified atom stereocenters. The molecule has 20 heavy (non-hydrogen) atoms. The van der Waals surface area contributed by atoms with Gasteiger partial charge in [-0.15, -0.1) is 12.4 Å². The van der Waals surface area contributed by atoms with Crippen LogP contribution in [0, 0.1) is 0 Å². The van der Waals surface area contributed by atoms with E-state index in [-0.39, 0.29) is 18.4 Å². The van der Waals surface area contributed by atoms with E-state index in [1.165, 1.54) is 0 Å². The highest BCUT2D eigenvalue weighted by Gasteiger charge is 2.01. The third kappa shape index (κ3) is 5.13. The van der Waals surface area contributed by atoms with Crippen molar-refractivity contribution in [3.05, 3.63) is 51.8 Å². The van der Waals surface area contributed by atoms with Crippen LogP contribution in [0.3, 0.4) is 0 Å². The lowest BCUT2D eigenvalue weighted by atomic mass is 10.1. The number of nitrogens with two attached hydrogens (primary N) is 1. The molecule has 3 N–H and O–H groups in total. The Balaban J connectivity index is 0.00000200. The van der Waals surface area contributed by atoms with Crippen molar-refractivity contribution >= 4 is 41.6 Å². The predicted octanol–water partition coefficient (Wildman–Crippen LogP) is 3.12. The monoisotopic (exact) mass is 332 g/mol. The van der Waals surface area contributed by atoms with Crippen molar-refractivity contribution in [3.8, 4) is 0 Å². The number of anilines is 1. The minimum atomic E-state index is 0. The van der Waals surface area contributed by atoms with Crippen molar-refractivity contribution in [1.29, 1.82) is 0 Å². The quantitative estimate of drug-likeness (QED) is 0.825. The Labute approximate surface area is 134 Å². The van der Waals surface area contributed by atoms with Crippen LogP contribution in [0.4, 0.5) is 5.95 Å². The van der Waals surface area contributed by atoms with Gasteiger partial charge in [-0.25, -0.2) is 9.97 Å². The molecule has 1 aromatic heterocycles. The highest BCUT2D eigenvalue weighted by atomic mass is 35.5. The zero-order valence-corrected chi connectivity index (χ0v) is 13.0. The van der Waals surface area contributed by atoms with Gasteiger partial charge in [0.15, 0.2) is 0 Å². The van der Waals surface area contributed by atoms with Crippen LogP contribution in [-0.2, 0) is 13.0 Å². The van der Waals surface area contributed by atoms with Crippen LogP contribution in [-0.4, -0.2) is 16.5 Å². The summed E-state index contributed by atoms with van der Waals surface area (Å²) in [4.78, 5) is 7.86. The fraction of sp³-hybridized carbons (Fsp3) is 0.231. The van der Waals surface area contributed by atoms with E-state index in [9.17, 15) is 0 Å². The van der Waals surface area contributed by atoms with E-state index < -0.39 is 0 Å². The standard InChI is InChI=1S/C13H14Cl2N4.ClH/c14-11-2-1-10(12(15)5-11)3-4-17-6-9-7-18-13(16)19-8-9;/h1-2,5,7-8,17H,3-4,6H2,(H2,16,18,19);1H. The SMILES string of the molecule is Cl.Nc1ncc(CNCCc2ccc(Cl)cc2Cl)cn1. The fourth-order valence-corrected chi connectivity index (χ4v) is 2.14. The van der Waals surface area contributed by atoms with E-state index in [1.807, 2.05) is 12.1 Å². The molecule has 1 aromatic carbocycles. The zero-order chi connectivity index (χ0) is 13.7. The highest BCUT2D eigenvalue weighted by Crippen LogP contribution is 2.21. The third-order valence-corrected chi connectivity index (χ3v) is 3.23. The van der Waals surface area contributed by atoms with Crippen molar-refractivity contribution in [2.75, 3.05) is 12.3 Å². The Morgan fingerprint density at radius 3 is 2.50 bits per heavy atom. The molecule has 0 atom stereocenters. The second-order valence-electron chi connectivity index (χ2n) is 4.11. The zero-order valence-electron chi connectivity index (χ0n) is 10.6. The summed E-state index contributed by atoms with van der Waals surface area (Å²) in [6, 6.07) is 5.54. The van der Waals surface area contributed by atoms with Gasteiger partial charge in [-0.05, 0) is 30.7 Å². The van der Waals surface area contributed by atoms with Gasteiger partial charge in [-0.1, -0.05) is 29.3 Å². The number of nitrogen functional groups attached to an aromatic ring is 1. The molecule has 7 heteroatoms. The Morgan fingerprint density at radius 2 is 1.85 bits per heavy atom. The topological polar surface area (TPSA) is 63.8 Å². The molecule has 108 valence electrons. The van der Waals surface area contributed by atoms with Gasteiger partial charge in [-0.3, -0.25) is 0 Å². The minimum Gasteiger partial charge on any atom is -0.368 e. The van der Waals surface area contributed by atoms with Crippen molar-refractivity contribution < 1.29 is 0 Å². The van der Waals surface area contributed by atoms with Crippen LogP contribution >= 0.6 is 35.6 Å². The fourth-order valence-electron chi connectivity index (χ4n) is 1.64. The van der Waals surface area contributed by atoms with Crippen molar-refractivity contribution in [1.82, 2.24) is 15.3 Å². The van der Waals surface area contributed by atoms with Crippen LogP contribution in [0.2, 0.25) is 10.0 Å². The number of hydrogen-bond acceptors (Lipinski definition) is 4. The molecular formula is C13H15Cl3N4. The molecule has 1 heterocycles. The van der Waals surface area contributed by atoms with Gasteiger partial charge >= 0.3 is 0 Å². The second-order valence-corrected chi connectivity index (χ2v) is 4.96. The summed E-state index contributed by atoms with van der Waals surface area (Å²) in [5, 5.41) is 4.65. The van der Waals surface area contributed by atoms with E-state index in [0.717, 1.165) is 24.1 Å². The number of hydrogen-bond donors (Lipinski definition) is 2. The normalized spacial score (nSPS) is 10.1. The Hall–Kier alpha value is -1.07. The van der Waals surface area contributed by atoms with Crippen LogP contribution in [0.15, 0.2) is 30.6 Å². The lowest BCUT2D eigenvalue weighted by Crippen LogP contribution is -2.17. The molecule has 0 saturated heterocycles. The molecule has 0 bridgehead atoms. The van der Waals surface area contributed by atoms with E-state index in [2.05, 4.69) is 15.3 Å². The van der Waals surface area contributed by atoms with Gasteiger partial charge in [0.25, 0.3) is 0 Å². The van der Waals surface area contributed by atoms with Gasteiger partial charge in [0, 0.05) is 34.5 Å². The first-order chi connectivity index (χ1) is 9.15. The average Bonchev–Trinajstić information content (AvgIpc) is 2.39. The smallest absolute Gasteiger partial charge is 0.219 e. The Kier molecular flexibility index (Phi) is 7.02. The molecule has 0 aliphatic rings. The largest absolute Gasteiger partial charge is 0.368 e. The van der Waals surface area contributed by atoms with Gasteiger partial charge < -0.3 is 11.1 Å². The lowest BCUT2D eigenvalue weighted by molar-refractivity contribution is 0.683. The number of rotatable bonds is 5. The first-order valence-corrected chi connectivity index (χ1v) is 6.62. The molecule has 2 aromatic rings. The van der Waals surface area contributed by atoms with Crippen molar-refractivity contribution in [3.63, 3.8) is 0 Å². The van der Waals surface area contributed by atoms with Crippen molar-refractivity contribution in [2.45, 2.75) is 13.0 Å². The van der Waals surface area contributed by atoms with Gasteiger partial charge in [0.1, 0.15) is 0 Å². The Morgan fingerprint density at radius 1 is 1.15 bits per heavy atom. The summed E-state index contributed by atoms with van der Waals surface area (Å²) in [7, 11) is 0. The maximum atomic E-state index is 6.10. The predicted molar refractivity (Wildman–Crippen MR) is 85.6 cm³/mol. The summed E-state index contributed by atoms with van der Waals surface area (Å²) in [6.07, 6.45) is 4.26. The average molecular weight is 334 g/mol. The van der Waals surface area contributed by atoms with Crippen molar-refractivity contribution in [2.24, 2.45) is 0 Å². The van der Waals surface area contributed by atoms with E-state index >= 15 is 0 Å². The van der Waals surface area contributed by atoms with Crippen LogP contribution in [0.25, 0.3) is 0 Å². The maximum Gasteiger partial charge on any atom is 0.219 e. The molecule has 0 fully saturated rings. The Bertz CT molecular complexity index is 546. The molecule has 4 nitrogen and oxygen atoms in total. The molecular weight excluding hydrogens is 319 g/mol. The number of benzene rings is 1. The van der Waals surface area contributed by atoms with Gasteiger partial charge in [-0.2, -0.15) is 0 Å². The highest BCUT2D eigenvalue weighted by molar-refractivity contribution is 6.35. The van der Waals surface area contributed by atoms with E-state index in [4.69, 9.17) is 28.9 Å². The molecule has 0 spiro atoms. The third-order valence-electron chi connectivity index (χ3n) is 2.64. The van der Waals surface area contributed by atoms with E-state index in [0.29, 0.717) is 16.6 Å². The molecule has 0 amide bonds. The number of halogens is 3. The van der Waals surface area contributed by atoms with E-state index in [1.54, 1.807) is 18.5 Å². The minimum absolute atomic E-state index is 0. The summed E-state index contributed by atoms with van der Waals surface area (Å²) in [5.74, 6) is 0.289. The van der Waals surface area contributed by atoms with Crippen LogP contribution in [0.1, 0.15) is 11.1 Å². The summed E-state index contributed by atoms with van der Waals surface area (Å²) in [5.41, 5.74) is 7.49. The van der Waals surface area contributed by atoms with Gasteiger partial charge in [0.05, 0.1) is 0 Å². The first kappa shape index (κ1) is 17.0. The van der Waals surface area contributed by atoms with Crippen LogP contribution in [0.5, 0.6) is 0 Å². The summed E-state index contributed by atoms with van der Waals surface area (Å²) >= 11 is 11.9. The number of nitrogens with one attached hydrogen (secondary N) is 1. The first-order valence-electron chi connectivity index (χ1n) is 5.86. The van der Waals surface area contributed by atoms with Gasteiger partial charge in [0.2, 0.25) is 5.95 Å².